The lowest BCUT2D eigenvalue weighted by atomic mass is 9.96. The van der Waals surface area contributed by atoms with E-state index < -0.39 is 5.54 Å². The average Bonchev–Trinajstić information content (AvgIpc) is 2.74. The van der Waals surface area contributed by atoms with Gasteiger partial charge in [-0.15, -0.1) is 0 Å². The third-order valence-corrected chi connectivity index (χ3v) is 5.72. The summed E-state index contributed by atoms with van der Waals surface area (Å²) in [5.41, 5.74) is 10.5. The lowest BCUT2D eigenvalue weighted by Crippen LogP contribution is -2.54. The van der Waals surface area contributed by atoms with Crippen molar-refractivity contribution in [3.8, 4) is 16.9 Å². The van der Waals surface area contributed by atoms with E-state index >= 15 is 0 Å². The monoisotopic (exact) mass is 419 g/mol. The number of carbonyl (C=O) groups is 1. The van der Waals surface area contributed by atoms with Crippen LogP contribution >= 0.6 is 0 Å². The van der Waals surface area contributed by atoms with Crippen molar-refractivity contribution < 1.29 is 9.53 Å². The molecule has 164 valence electrons. The second-order valence-electron chi connectivity index (χ2n) is 8.69. The van der Waals surface area contributed by atoms with E-state index in [0.717, 1.165) is 46.5 Å². The van der Waals surface area contributed by atoms with Crippen LogP contribution in [0.1, 0.15) is 44.7 Å². The lowest BCUT2D eigenvalue weighted by Gasteiger charge is -2.35. The predicted molar refractivity (Wildman–Crippen MR) is 129 cm³/mol. The number of piperidine rings is 1. The maximum atomic E-state index is 12.3. The molecule has 0 spiro atoms. The molecule has 0 unspecified atom stereocenters. The van der Waals surface area contributed by atoms with Crippen LogP contribution in [0, 0.1) is 6.92 Å². The van der Waals surface area contributed by atoms with E-state index in [4.69, 9.17) is 10.5 Å². The van der Waals surface area contributed by atoms with Crippen molar-refractivity contribution in [2.45, 2.75) is 52.2 Å². The van der Waals surface area contributed by atoms with Gasteiger partial charge in [0.25, 0.3) is 0 Å². The summed E-state index contributed by atoms with van der Waals surface area (Å²) >= 11 is 0. The molecule has 2 aromatic rings. The van der Waals surface area contributed by atoms with Crippen molar-refractivity contribution in [2.24, 2.45) is 10.7 Å². The first kappa shape index (κ1) is 22.8. The van der Waals surface area contributed by atoms with Crippen molar-refractivity contribution in [1.29, 1.82) is 0 Å². The molecule has 2 N–H and O–H groups in total. The van der Waals surface area contributed by atoms with Gasteiger partial charge in [-0.1, -0.05) is 36.4 Å². The first-order valence-electron chi connectivity index (χ1n) is 10.8. The summed E-state index contributed by atoms with van der Waals surface area (Å²) < 4.78 is 6.18. The Labute approximate surface area is 185 Å². The molecule has 0 radical (unpaired) electrons. The van der Waals surface area contributed by atoms with Gasteiger partial charge in [0.15, 0.2) is 0 Å². The number of likely N-dealkylation sites (tertiary alicyclic amines) is 1. The molecular weight excluding hydrogens is 386 g/mol. The molecule has 31 heavy (non-hydrogen) atoms. The predicted octanol–water partition coefficient (Wildman–Crippen LogP) is 5.13. The van der Waals surface area contributed by atoms with E-state index in [-0.39, 0.29) is 12.0 Å². The SMILES string of the molecule is C=Nc1c(/C=C\C)ccc(-c2ccc(OC3CCN(C(=O)C(C)(C)N)CC3)cc2)c1C. The van der Waals surface area contributed by atoms with E-state index in [1.54, 1.807) is 13.8 Å². The van der Waals surface area contributed by atoms with E-state index in [1.807, 2.05) is 36.1 Å². The standard InChI is InChI=1S/C26H33N3O2/c1-6-7-20-10-13-23(18(2)24(20)28-5)19-8-11-21(12-9-19)31-22-14-16-29(17-15-22)25(30)26(3,4)27/h6-13,22H,5,14-17,27H2,1-4H3/b7-6-. The molecule has 0 atom stereocenters. The number of hydrogen-bond acceptors (Lipinski definition) is 4. The minimum atomic E-state index is -0.826. The molecule has 0 saturated carbocycles. The average molecular weight is 420 g/mol. The highest BCUT2D eigenvalue weighted by atomic mass is 16.5. The molecular formula is C26H33N3O2. The Morgan fingerprint density at radius 1 is 1.19 bits per heavy atom. The molecule has 1 heterocycles. The molecule has 1 amide bonds. The first-order chi connectivity index (χ1) is 14.7. The van der Waals surface area contributed by atoms with Crippen molar-refractivity contribution in [1.82, 2.24) is 4.90 Å². The summed E-state index contributed by atoms with van der Waals surface area (Å²) in [5.74, 6) is 0.845. The summed E-state index contributed by atoms with van der Waals surface area (Å²) in [4.78, 5) is 18.4. The maximum Gasteiger partial charge on any atom is 0.242 e. The van der Waals surface area contributed by atoms with Gasteiger partial charge in [0, 0.05) is 31.5 Å². The minimum absolute atomic E-state index is 0.000461. The zero-order valence-corrected chi connectivity index (χ0v) is 19.0. The van der Waals surface area contributed by atoms with Crippen LogP contribution in [0.5, 0.6) is 5.75 Å². The Hall–Kier alpha value is -2.92. The number of hydrogen-bond donors (Lipinski definition) is 1. The summed E-state index contributed by atoms with van der Waals surface area (Å²) in [6.07, 6.45) is 5.78. The fraction of sp³-hybridized carbons (Fsp3) is 0.385. The number of rotatable bonds is 6. The van der Waals surface area contributed by atoms with Gasteiger partial charge in [-0.05, 0) is 63.2 Å². The maximum absolute atomic E-state index is 12.3. The van der Waals surface area contributed by atoms with Crippen molar-refractivity contribution in [2.75, 3.05) is 13.1 Å². The largest absolute Gasteiger partial charge is 0.490 e. The number of amides is 1. The Balaban J connectivity index is 1.67. The topological polar surface area (TPSA) is 67.9 Å². The van der Waals surface area contributed by atoms with Crippen LogP contribution in [0.25, 0.3) is 17.2 Å². The number of nitrogens with two attached hydrogens (primary N) is 1. The fourth-order valence-corrected chi connectivity index (χ4v) is 4.05. The summed E-state index contributed by atoms with van der Waals surface area (Å²) in [7, 11) is 0. The van der Waals surface area contributed by atoms with Gasteiger partial charge in [-0.25, -0.2) is 0 Å². The highest BCUT2D eigenvalue weighted by molar-refractivity contribution is 5.85. The molecule has 1 saturated heterocycles. The highest BCUT2D eigenvalue weighted by Gasteiger charge is 2.31. The summed E-state index contributed by atoms with van der Waals surface area (Å²) in [6.45, 7) is 12.7. The van der Waals surface area contributed by atoms with Gasteiger partial charge in [0.05, 0.1) is 11.2 Å². The Morgan fingerprint density at radius 2 is 1.84 bits per heavy atom. The van der Waals surface area contributed by atoms with Crippen LogP contribution in [0.4, 0.5) is 5.69 Å². The van der Waals surface area contributed by atoms with Crippen LogP contribution in [-0.2, 0) is 4.79 Å². The third-order valence-electron chi connectivity index (χ3n) is 5.72. The normalized spacial score (nSPS) is 15.3. The minimum Gasteiger partial charge on any atom is -0.490 e. The Morgan fingerprint density at radius 3 is 2.39 bits per heavy atom. The smallest absolute Gasteiger partial charge is 0.242 e. The second kappa shape index (κ2) is 9.48. The lowest BCUT2D eigenvalue weighted by molar-refractivity contribution is -0.137. The zero-order valence-electron chi connectivity index (χ0n) is 19.0. The van der Waals surface area contributed by atoms with Crippen molar-refractivity contribution in [3.05, 3.63) is 53.6 Å². The number of nitrogens with zero attached hydrogens (tertiary/aromatic N) is 2. The fourth-order valence-electron chi connectivity index (χ4n) is 4.05. The van der Waals surface area contributed by atoms with Gasteiger partial charge in [0.2, 0.25) is 5.91 Å². The van der Waals surface area contributed by atoms with E-state index in [1.165, 1.54) is 0 Å². The van der Waals surface area contributed by atoms with Crippen LogP contribution in [0.15, 0.2) is 47.5 Å². The molecule has 1 aliphatic heterocycles. The number of benzene rings is 2. The first-order valence-corrected chi connectivity index (χ1v) is 10.8. The number of aliphatic imine (C=N–C) groups is 1. The summed E-state index contributed by atoms with van der Waals surface area (Å²) in [6, 6.07) is 12.4. The van der Waals surface area contributed by atoms with E-state index in [2.05, 4.69) is 42.9 Å². The molecule has 5 heteroatoms. The molecule has 1 fully saturated rings. The van der Waals surface area contributed by atoms with Crippen LogP contribution in [0.2, 0.25) is 0 Å². The van der Waals surface area contributed by atoms with Crippen molar-refractivity contribution >= 4 is 24.4 Å². The number of allylic oxidation sites excluding steroid dienone is 1. The Kier molecular flexibility index (Phi) is 6.96. The Bertz CT molecular complexity index is 963. The van der Waals surface area contributed by atoms with E-state index in [9.17, 15) is 4.79 Å². The van der Waals surface area contributed by atoms with Crippen LogP contribution < -0.4 is 10.5 Å². The summed E-state index contributed by atoms with van der Waals surface area (Å²) in [5, 5.41) is 0. The molecule has 0 aromatic heterocycles. The van der Waals surface area contributed by atoms with Gasteiger partial charge in [-0.2, -0.15) is 0 Å². The van der Waals surface area contributed by atoms with Crippen LogP contribution in [0.3, 0.4) is 0 Å². The van der Waals surface area contributed by atoms with E-state index in [0.29, 0.717) is 13.1 Å². The van der Waals surface area contributed by atoms with Gasteiger partial charge >= 0.3 is 0 Å². The second-order valence-corrected chi connectivity index (χ2v) is 8.69. The van der Waals surface area contributed by atoms with Gasteiger partial charge in [-0.3, -0.25) is 9.79 Å². The molecule has 0 bridgehead atoms. The quantitative estimate of drug-likeness (QED) is 0.660. The highest BCUT2D eigenvalue weighted by Crippen LogP contribution is 2.34. The number of carbonyl (C=O) groups excluding carboxylic acids is 1. The van der Waals surface area contributed by atoms with Gasteiger partial charge < -0.3 is 15.4 Å². The number of ether oxygens (including phenoxy) is 1. The van der Waals surface area contributed by atoms with Gasteiger partial charge in [0.1, 0.15) is 11.9 Å². The van der Waals surface area contributed by atoms with Crippen molar-refractivity contribution in [3.63, 3.8) is 0 Å². The molecule has 5 nitrogen and oxygen atoms in total. The zero-order chi connectivity index (χ0) is 22.6. The molecule has 2 aromatic carbocycles. The molecule has 0 aliphatic carbocycles. The molecule has 3 rings (SSSR count). The van der Waals surface area contributed by atoms with Crippen LogP contribution in [-0.4, -0.2) is 42.3 Å². The molecule has 1 aliphatic rings. The third kappa shape index (κ3) is 5.23.